The van der Waals surface area contributed by atoms with Crippen LogP contribution in [-0.4, -0.2) is 67.1 Å². The molecule has 1 aromatic carbocycles. The maximum atomic E-state index is 13.6. The number of amides is 1. The maximum absolute atomic E-state index is 13.6. The molecule has 15 heteroatoms. The van der Waals surface area contributed by atoms with Crippen LogP contribution >= 0.6 is 0 Å². The third-order valence-electron chi connectivity index (χ3n) is 6.81. The van der Waals surface area contributed by atoms with Crippen molar-refractivity contribution in [1.29, 1.82) is 0 Å². The quantitative estimate of drug-likeness (QED) is 0.404. The third kappa shape index (κ3) is 7.55. The van der Waals surface area contributed by atoms with Crippen molar-refractivity contribution in [2.45, 2.75) is 103 Å². The molecule has 2 unspecified atom stereocenters. The van der Waals surface area contributed by atoms with E-state index >= 15 is 0 Å². The normalized spacial score (nSPS) is 20.2. The number of anilines is 1. The lowest BCUT2D eigenvalue weighted by molar-refractivity contribution is -0.143. The first-order valence-corrected chi connectivity index (χ1v) is 13.1. The predicted octanol–water partition coefficient (Wildman–Crippen LogP) is 5.28. The van der Waals surface area contributed by atoms with Gasteiger partial charge in [-0.25, -0.2) is 4.79 Å². The number of tetrazole rings is 1. The van der Waals surface area contributed by atoms with Gasteiger partial charge in [-0.2, -0.15) is 31.1 Å². The van der Waals surface area contributed by atoms with Gasteiger partial charge in [0.05, 0.1) is 30.4 Å². The number of rotatable bonds is 9. The maximum Gasteiger partial charge on any atom is 0.416 e. The van der Waals surface area contributed by atoms with E-state index in [1.807, 2.05) is 13.8 Å². The molecule has 2 aromatic rings. The first-order chi connectivity index (χ1) is 18.7. The van der Waals surface area contributed by atoms with Crippen molar-refractivity contribution in [2.75, 3.05) is 11.5 Å². The Balaban J connectivity index is 2.05. The van der Waals surface area contributed by atoms with E-state index in [0.717, 1.165) is 4.80 Å². The van der Waals surface area contributed by atoms with Gasteiger partial charge in [-0.05, 0) is 68.5 Å². The lowest BCUT2D eigenvalue weighted by atomic mass is 9.87. The number of alkyl halides is 6. The number of aromatic nitrogens is 4. The zero-order valence-electron chi connectivity index (χ0n) is 22.7. The van der Waals surface area contributed by atoms with Gasteiger partial charge in [0.2, 0.25) is 0 Å². The van der Waals surface area contributed by atoms with Crippen LogP contribution in [0.5, 0.6) is 0 Å². The van der Waals surface area contributed by atoms with E-state index in [1.165, 1.54) is 4.90 Å². The minimum absolute atomic E-state index is 0.00270. The highest BCUT2D eigenvalue weighted by Gasteiger charge is 2.42. The summed E-state index contributed by atoms with van der Waals surface area (Å²) in [5.74, 6) is -0.00710. The van der Waals surface area contributed by atoms with Crippen LogP contribution in [0.25, 0.3) is 0 Å². The van der Waals surface area contributed by atoms with Crippen molar-refractivity contribution in [3.8, 4) is 0 Å². The number of aliphatic hydroxyl groups is 1. The molecule has 1 aliphatic rings. The molecule has 1 aromatic heterocycles. The fourth-order valence-electron chi connectivity index (χ4n) is 5.00. The van der Waals surface area contributed by atoms with Crippen molar-refractivity contribution in [3.63, 3.8) is 0 Å². The highest BCUT2D eigenvalue weighted by atomic mass is 19.4. The molecule has 1 aliphatic heterocycles. The van der Waals surface area contributed by atoms with Crippen LogP contribution in [0, 0.1) is 0 Å². The van der Waals surface area contributed by atoms with Gasteiger partial charge in [0, 0.05) is 24.7 Å². The Hall–Kier alpha value is -3.10. The molecule has 0 radical (unpaired) electrons. The van der Waals surface area contributed by atoms with Crippen LogP contribution in [0.2, 0.25) is 0 Å². The number of halogens is 6. The minimum atomic E-state index is -4.99. The number of piperidine rings is 1. The van der Waals surface area contributed by atoms with Crippen LogP contribution < -0.4 is 4.90 Å². The van der Waals surface area contributed by atoms with Crippen molar-refractivity contribution in [3.05, 3.63) is 34.9 Å². The van der Waals surface area contributed by atoms with Crippen molar-refractivity contribution in [2.24, 2.45) is 0 Å². The molecule has 40 heavy (non-hydrogen) atoms. The number of nitrogens with zero attached hydrogens (tertiary/aromatic N) is 6. The molecular weight excluding hydrogens is 546 g/mol. The fourth-order valence-corrected chi connectivity index (χ4v) is 5.00. The van der Waals surface area contributed by atoms with E-state index < -0.39 is 35.6 Å². The lowest BCUT2D eigenvalue weighted by Crippen LogP contribution is -2.57. The second-order valence-corrected chi connectivity index (χ2v) is 10.0. The zero-order valence-corrected chi connectivity index (χ0v) is 22.7. The average Bonchev–Trinajstić information content (AvgIpc) is 3.33. The summed E-state index contributed by atoms with van der Waals surface area (Å²) in [6, 6.07) is 0.389. The van der Waals surface area contributed by atoms with Gasteiger partial charge in [0.25, 0.3) is 5.95 Å². The van der Waals surface area contributed by atoms with E-state index in [4.69, 9.17) is 4.74 Å². The number of likely N-dealkylation sites (tertiary alicyclic amines) is 1. The molecule has 0 saturated carbocycles. The number of carbonyl (C=O) groups is 1. The number of hydrogen-bond donors (Lipinski definition) is 1. The highest BCUT2D eigenvalue weighted by Crippen LogP contribution is 2.38. The zero-order chi connectivity index (χ0) is 29.8. The Morgan fingerprint density at radius 2 is 1.60 bits per heavy atom. The Kier molecular flexibility index (Phi) is 9.90. The second-order valence-electron chi connectivity index (χ2n) is 10.0. The van der Waals surface area contributed by atoms with Crippen molar-refractivity contribution < 1.29 is 41.0 Å². The minimum Gasteiger partial charge on any atom is -0.447 e. The molecule has 2 atom stereocenters. The summed E-state index contributed by atoms with van der Waals surface area (Å²) in [6.45, 7) is 6.57. The van der Waals surface area contributed by atoms with Crippen LogP contribution in [0.4, 0.5) is 37.1 Å². The molecule has 1 N–H and O–H groups in total. The molecule has 2 heterocycles. The Labute approximate surface area is 228 Å². The van der Waals surface area contributed by atoms with E-state index in [2.05, 4.69) is 15.4 Å². The van der Waals surface area contributed by atoms with E-state index in [-0.39, 0.29) is 55.5 Å². The van der Waals surface area contributed by atoms with E-state index in [1.54, 1.807) is 18.7 Å². The summed E-state index contributed by atoms with van der Waals surface area (Å²) in [4.78, 5) is 17.2. The molecule has 1 fully saturated rings. The van der Waals surface area contributed by atoms with E-state index in [0.29, 0.717) is 37.8 Å². The summed E-state index contributed by atoms with van der Waals surface area (Å²) in [5, 5.41) is 21.3. The van der Waals surface area contributed by atoms with Crippen LogP contribution in [0.1, 0.15) is 70.1 Å². The average molecular weight is 581 g/mol. The summed E-state index contributed by atoms with van der Waals surface area (Å²) in [7, 11) is 0. The summed E-state index contributed by atoms with van der Waals surface area (Å²) in [5.41, 5.74) is -3.07. The summed E-state index contributed by atoms with van der Waals surface area (Å²) < 4.78 is 86.8. The molecule has 3 rings (SSSR count). The fraction of sp³-hybridized carbons (Fsp3) is 0.680. The van der Waals surface area contributed by atoms with Gasteiger partial charge < -0.3 is 19.6 Å². The summed E-state index contributed by atoms with van der Waals surface area (Å²) >= 11 is 0. The molecule has 1 saturated heterocycles. The standard InChI is InChI=1S/C25H34F6N6O3/c1-5-19-12-21(13-20(6-2)37(19)23(39)40-15(3)4)35(22-32-34-36(33-22)7-8-38)14-16-9-17(24(26,27)28)11-18(10-16)25(29,30)31/h9-11,15,19-21,38H,5-8,12-14H2,1-4H3. The van der Waals surface area contributed by atoms with Crippen LogP contribution in [0.15, 0.2) is 18.2 Å². The van der Waals surface area contributed by atoms with Crippen LogP contribution in [-0.2, 0) is 30.2 Å². The smallest absolute Gasteiger partial charge is 0.416 e. The van der Waals surface area contributed by atoms with Gasteiger partial charge in [0.15, 0.2) is 0 Å². The first kappa shape index (κ1) is 31.4. The number of aliphatic hydroxyl groups excluding tert-OH is 1. The Morgan fingerprint density at radius 3 is 2.05 bits per heavy atom. The number of benzene rings is 1. The molecule has 224 valence electrons. The second kappa shape index (κ2) is 12.6. The Bertz CT molecular complexity index is 1090. The highest BCUT2D eigenvalue weighted by molar-refractivity contribution is 5.69. The first-order valence-electron chi connectivity index (χ1n) is 13.1. The van der Waals surface area contributed by atoms with Gasteiger partial charge >= 0.3 is 18.4 Å². The predicted molar refractivity (Wildman–Crippen MR) is 132 cm³/mol. The largest absolute Gasteiger partial charge is 0.447 e. The summed E-state index contributed by atoms with van der Waals surface area (Å²) in [6.07, 6.45) is -9.02. The molecular formula is C25H34F6N6O3. The van der Waals surface area contributed by atoms with Gasteiger partial charge in [-0.3, -0.25) is 0 Å². The molecule has 0 aliphatic carbocycles. The molecule has 0 bridgehead atoms. The monoisotopic (exact) mass is 580 g/mol. The van der Waals surface area contributed by atoms with Gasteiger partial charge in [-0.1, -0.05) is 18.9 Å². The van der Waals surface area contributed by atoms with Gasteiger partial charge in [0.1, 0.15) is 0 Å². The molecule has 0 spiro atoms. The Morgan fingerprint density at radius 1 is 1.05 bits per heavy atom. The molecule has 9 nitrogen and oxygen atoms in total. The number of hydrogen-bond acceptors (Lipinski definition) is 7. The lowest BCUT2D eigenvalue weighted by Gasteiger charge is -2.47. The topological polar surface area (TPSA) is 96.6 Å². The van der Waals surface area contributed by atoms with E-state index in [9.17, 15) is 36.2 Å². The number of carbonyl (C=O) groups excluding carboxylic acids is 1. The third-order valence-corrected chi connectivity index (χ3v) is 6.81. The van der Waals surface area contributed by atoms with Crippen molar-refractivity contribution in [1.82, 2.24) is 25.1 Å². The van der Waals surface area contributed by atoms with Crippen molar-refractivity contribution >= 4 is 12.0 Å². The van der Waals surface area contributed by atoms with Crippen LogP contribution in [0.3, 0.4) is 0 Å². The SMILES string of the molecule is CCC1CC(N(Cc2cc(C(F)(F)F)cc(C(F)(F)F)c2)c2nnn(CCO)n2)CC(CC)N1C(=O)OC(C)C. The molecule has 1 amide bonds. The number of ether oxygens (including phenoxy) is 1. The van der Waals surface area contributed by atoms with Gasteiger partial charge in [-0.15, -0.1) is 5.10 Å².